The van der Waals surface area contributed by atoms with E-state index in [-0.39, 0.29) is 11.9 Å². The molecule has 0 bridgehead atoms. The Morgan fingerprint density at radius 1 is 1.53 bits per heavy atom. The minimum Gasteiger partial charge on any atom is -0.495 e. The standard InChI is InChI=1S/C14H21N3O2/c1-3-12-14(18)16-6-7-17(12)9-10-4-5-13(19-2)11(15)8-10/h4-5,8,12H,3,6-7,9,15H2,1-2H3,(H,16,18). The van der Waals surface area contributed by atoms with Crippen LogP contribution in [0.4, 0.5) is 5.69 Å². The highest BCUT2D eigenvalue weighted by molar-refractivity contribution is 5.82. The molecule has 1 atom stereocenters. The lowest BCUT2D eigenvalue weighted by molar-refractivity contribution is -0.129. The summed E-state index contributed by atoms with van der Waals surface area (Å²) in [7, 11) is 1.60. The van der Waals surface area contributed by atoms with Crippen molar-refractivity contribution in [3.63, 3.8) is 0 Å². The lowest BCUT2D eigenvalue weighted by Gasteiger charge is -2.34. The van der Waals surface area contributed by atoms with Crippen LogP contribution in [0.25, 0.3) is 0 Å². The van der Waals surface area contributed by atoms with Crippen LogP contribution in [0.1, 0.15) is 18.9 Å². The van der Waals surface area contributed by atoms with E-state index in [0.717, 1.165) is 25.1 Å². The van der Waals surface area contributed by atoms with Gasteiger partial charge in [-0.15, -0.1) is 0 Å². The van der Waals surface area contributed by atoms with E-state index in [1.807, 2.05) is 25.1 Å². The van der Waals surface area contributed by atoms with Crippen LogP contribution >= 0.6 is 0 Å². The Labute approximate surface area is 113 Å². The lowest BCUT2D eigenvalue weighted by atomic mass is 10.1. The molecule has 1 aromatic rings. The van der Waals surface area contributed by atoms with E-state index in [1.54, 1.807) is 7.11 Å². The van der Waals surface area contributed by atoms with Gasteiger partial charge in [0.2, 0.25) is 5.91 Å². The first-order valence-corrected chi connectivity index (χ1v) is 6.59. The highest BCUT2D eigenvalue weighted by atomic mass is 16.5. The van der Waals surface area contributed by atoms with Crippen molar-refractivity contribution in [2.45, 2.75) is 25.9 Å². The van der Waals surface area contributed by atoms with Gasteiger partial charge in [0.15, 0.2) is 0 Å². The van der Waals surface area contributed by atoms with Gasteiger partial charge >= 0.3 is 0 Å². The molecule has 0 radical (unpaired) electrons. The van der Waals surface area contributed by atoms with Crippen molar-refractivity contribution in [1.29, 1.82) is 0 Å². The number of hydrogen-bond acceptors (Lipinski definition) is 4. The summed E-state index contributed by atoms with van der Waals surface area (Å²) < 4.78 is 5.15. The normalized spacial score (nSPS) is 20.1. The number of hydrogen-bond donors (Lipinski definition) is 2. The number of rotatable bonds is 4. The lowest BCUT2D eigenvalue weighted by Crippen LogP contribution is -2.54. The largest absolute Gasteiger partial charge is 0.495 e. The molecule has 1 heterocycles. The third kappa shape index (κ3) is 2.98. The third-order valence-electron chi connectivity index (χ3n) is 3.51. The highest BCUT2D eigenvalue weighted by Crippen LogP contribution is 2.23. The Bertz CT molecular complexity index is 462. The predicted octanol–water partition coefficient (Wildman–Crippen LogP) is 0.988. The molecule has 19 heavy (non-hydrogen) atoms. The molecular weight excluding hydrogens is 242 g/mol. The number of ether oxygens (including phenoxy) is 1. The molecule has 1 saturated heterocycles. The summed E-state index contributed by atoms with van der Waals surface area (Å²) in [6.07, 6.45) is 0.817. The summed E-state index contributed by atoms with van der Waals surface area (Å²) in [4.78, 5) is 14.0. The maximum absolute atomic E-state index is 11.8. The van der Waals surface area contributed by atoms with Gasteiger partial charge in [-0.05, 0) is 24.1 Å². The van der Waals surface area contributed by atoms with Crippen LogP contribution < -0.4 is 15.8 Å². The molecule has 1 amide bonds. The second kappa shape index (κ2) is 5.93. The van der Waals surface area contributed by atoms with E-state index in [1.165, 1.54) is 0 Å². The number of nitrogens with zero attached hydrogens (tertiary/aromatic N) is 1. The SMILES string of the molecule is CCC1C(=O)NCCN1Cc1ccc(OC)c(N)c1. The number of nitrogens with two attached hydrogens (primary N) is 1. The van der Waals surface area contributed by atoms with E-state index in [9.17, 15) is 4.79 Å². The summed E-state index contributed by atoms with van der Waals surface area (Å²) >= 11 is 0. The summed E-state index contributed by atoms with van der Waals surface area (Å²) in [6.45, 7) is 4.35. The summed E-state index contributed by atoms with van der Waals surface area (Å²) in [5.41, 5.74) is 7.65. The van der Waals surface area contributed by atoms with Gasteiger partial charge in [0.05, 0.1) is 18.8 Å². The van der Waals surface area contributed by atoms with Gasteiger partial charge in [0.25, 0.3) is 0 Å². The van der Waals surface area contributed by atoms with Crippen LogP contribution in [0.15, 0.2) is 18.2 Å². The molecule has 1 fully saturated rings. The molecule has 0 aromatic heterocycles. The Hall–Kier alpha value is -1.75. The fourth-order valence-corrected chi connectivity index (χ4v) is 2.51. The maximum atomic E-state index is 11.8. The van der Waals surface area contributed by atoms with E-state index in [4.69, 9.17) is 10.5 Å². The van der Waals surface area contributed by atoms with Gasteiger partial charge in [-0.1, -0.05) is 13.0 Å². The molecular formula is C14H21N3O2. The molecule has 1 unspecified atom stereocenters. The molecule has 1 aromatic carbocycles. The van der Waals surface area contributed by atoms with Crippen LogP contribution in [0.5, 0.6) is 5.75 Å². The Kier molecular flexibility index (Phi) is 4.27. The van der Waals surface area contributed by atoms with Crippen molar-refractivity contribution < 1.29 is 9.53 Å². The monoisotopic (exact) mass is 263 g/mol. The van der Waals surface area contributed by atoms with Crippen molar-refractivity contribution in [3.05, 3.63) is 23.8 Å². The van der Waals surface area contributed by atoms with Gasteiger partial charge in [-0.3, -0.25) is 9.69 Å². The number of carbonyl (C=O) groups excluding carboxylic acids is 1. The molecule has 104 valence electrons. The summed E-state index contributed by atoms with van der Waals surface area (Å²) in [5, 5.41) is 2.90. The molecule has 0 aliphatic carbocycles. The quantitative estimate of drug-likeness (QED) is 0.795. The van der Waals surface area contributed by atoms with Crippen molar-refractivity contribution in [1.82, 2.24) is 10.2 Å². The number of nitrogens with one attached hydrogen (secondary N) is 1. The van der Waals surface area contributed by atoms with Crippen LogP contribution in [0.3, 0.4) is 0 Å². The number of methoxy groups -OCH3 is 1. The number of benzene rings is 1. The molecule has 1 aliphatic rings. The zero-order chi connectivity index (χ0) is 13.8. The van der Waals surface area contributed by atoms with Crippen LogP contribution in [-0.4, -0.2) is 37.0 Å². The van der Waals surface area contributed by atoms with Crippen molar-refractivity contribution in [3.8, 4) is 5.75 Å². The van der Waals surface area contributed by atoms with Crippen LogP contribution in [0, 0.1) is 0 Å². The highest BCUT2D eigenvalue weighted by Gasteiger charge is 2.27. The van der Waals surface area contributed by atoms with Gasteiger partial charge in [0, 0.05) is 19.6 Å². The molecule has 0 spiro atoms. The smallest absolute Gasteiger partial charge is 0.237 e. The second-order valence-electron chi connectivity index (χ2n) is 4.76. The molecule has 3 N–H and O–H groups in total. The minimum atomic E-state index is -0.0444. The zero-order valence-corrected chi connectivity index (χ0v) is 11.5. The van der Waals surface area contributed by atoms with Gasteiger partial charge in [-0.2, -0.15) is 0 Å². The van der Waals surface area contributed by atoms with Gasteiger partial charge in [-0.25, -0.2) is 0 Å². The first-order chi connectivity index (χ1) is 9.15. The van der Waals surface area contributed by atoms with E-state index in [0.29, 0.717) is 18.0 Å². The molecule has 5 nitrogen and oxygen atoms in total. The Balaban J connectivity index is 2.11. The second-order valence-corrected chi connectivity index (χ2v) is 4.76. The number of anilines is 1. The molecule has 2 rings (SSSR count). The minimum absolute atomic E-state index is 0.0444. The van der Waals surface area contributed by atoms with Gasteiger partial charge in [0.1, 0.15) is 5.75 Å². The average molecular weight is 263 g/mol. The van der Waals surface area contributed by atoms with E-state index < -0.39 is 0 Å². The van der Waals surface area contributed by atoms with Crippen molar-refractivity contribution >= 4 is 11.6 Å². The van der Waals surface area contributed by atoms with Crippen LogP contribution in [-0.2, 0) is 11.3 Å². The third-order valence-corrected chi connectivity index (χ3v) is 3.51. The average Bonchev–Trinajstić information content (AvgIpc) is 2.39. The van der Waals surface area contributed by atoms with Crippen LogP contribution in [0.2, 0.25) is 0 Å². The first-order valence-electron chi connectivity index (χ1n) is 6.59. The number of nitrogen functional groups attached to an aromatic ring is 1. The van der Waals surface area contributed by atoms with Crippen molar-refractivity contribution in [2.24, 2.45) is 0 Å². The molecule has 5 heteroatoms. The summed E-state index contributed by atoms with van der Waals surface area (Å²) in [5.74, 6) is 0.808. The fraction of sp³-hybridized carbons (Fsp3) is 0.500. The Morgan fingerprint density at radius 2 is 2.32 bits per heavy atom. The summed E-state index contributed by atoms with van der Waals surface area (Å²) in [6, 6.07) is 5.74. The zero-order valence-electron chi connectivity index (χ0n) is 11.5. The maximum Gasteiger partial charge on any atom is 0.237 e. The Morgan fingerprint density at radius 3 is 2.95 bits per heavy atom. The van der Waals surface area contributed by atoms with Crippen molar-refractivity contribution in [2.75, 3.05) is 25.9 Å². The van der Waals surface area contributed by atoms with E-state index in [2.05, 4.69) is 10.2 Å². The number of amides is 1. The topological polar surface area (TPSA) is 67.6 Å². The van der Waals surface area contributed by atoms with E-state index >= 15 is 0 Å². The number of piperazine rings is 1. The first kappa shape index (κ1) is 13.7. The molecule has 1 aliphatic heterocycles. The predicted molar refractivity (Wildman–Crippen MR) is 74.9 cm³/mol. The number of carbonyl (C=O) groups is 1. The molecule has 0 saturated carbocycles. The fourth-order valence-electron chi connectivity index (χ4n) is 2.51. The van der Waals surface area contributed by atoms with Gasteiger partial charge < -0.3 is 15.8 Å².